The Morgan fingerprint density at radius 2 is 1.92 bits per heavy atom. The van der Waals surface area contributed by atoms with E-state index in [1.54, 1.807) is 19.1 Å². The lowest BCUT2D eigenvalue weighted by molar-refractivity contribution is -0.115. The Morgan fingerprint density at radius 3 is 2.46 bits per heavy atom. The molecule has 0 aliphatic heterocycles. The second kappa shape index (κ2) is 8.00. The number of carbonyl (C=O) groups is 1. The van der Waals surface area contributed by atoms with E-state index in [1.807, 2.05) is 18.2 Å². The number of thioether (sulfide) groups is 1. The zero-order chi connectivity index (χ0) is 17.5. The second-order valence-corrected chi connectivity index (χ2v) is 5.59. The van der Waals surface area contributed by atoms with Crippen molar-refractivity contribution >= 4 is 17.7 Å². The molecule has 0 aliphatic rings. The zero-order valence-electron chi connectivity index (χ0n) is 12.9. The molecule has 0 aliphatic carbocycles. The Labute approximate surface area is 143 Å². The summed E-state index contributed by atoms with van der Waals surface area (Å²) < 4.78 is 5.46. The van der Waals surface area contributed by atoms with E-state index in [2.05, 4.69) is 17.1 Å². The smallest absolute Gasteiger partial charge is 0.233 e. The third-order valence-electron chi connectivity index (χ3n) is 3.05. The predicted octanol–water partition coefficient (Wildman–Crippen LogP) is 2.47. The standard InChI is InChI=1S/C17H14N4O2S/c1-2-23-16-12(8-18)15(11-6-4-3-5-7-11)13(9-19)17(21-16)24-10-14(20)22/h3-7H,2,10H2,1H3,(H2,20,22). The van der Waals surface area contributed by atoms with Gasteiger partial charge in [-0.25, -0.2) is 4.98 Å². The van der Waals surface area contributed by atoms with Crippen molar-refractivity contribution in [2.45, 2.75) is 11.9 Å². The molecule has 0 bridgehead atoms. The van der Waals surface area contributed by atoms with E-state index in [-0.39, 0.29) is 22.8 Å². The average Bonchev–Trinajstić information content (AvgIpc) is 2.60. The Kier molecular flexibility index (Phi) is 5.78. The van der Waals surface area contributed by atoms with E-state index >= 15 is 0 Å². The van der Waals surface area contributed by atoms with E-state index < -0.39 is 5.91 Å². The highest BCUT2D eigenvalue weighted by Gasteiger charge is 2.22. The highest BCUT2D eigenvalue weighted by molar-refractivity contribution is 8.00. The molecule has 1 amide bonds. The Bertz CT molecular complexity index is 838. The predicted molar refractivity (Wildman–Crippen MR) is 90.2 cm³/mol. The lowest BCUT2D eigenvalue weighted by Crippen LogP contribution is -2.13. The van der Waals surface area contributed by atoms with Crippen LogP contribution in [0.1, 0.15) is 18.1 Å². The molecule has 0 spiro atoms. The molecule has 0 saturated heterocycles. The minimum absolute atomic E-state index is 0.0205. The normalized spacial score (nSPS) is 9.79. The first-order valence-electron chi connectivity index (χ1n) is 7.09. The lowest BCUT2D eigenvalue weighted by atomic mass is 9.97. The maximum atomic E-state index is 11.1. The molecule has 7 heteroatoms. The molecule has 1 aromatic heterocycles. The number of benzene rings is 1. The van der Waals surface area contributed by atoms with Gasteiger partial charge in [-0.15, -0.1) is 0 Å². The van der Waals surface area contributed by atoms with Crippen molar-refractivity contribution in [3.63, 3.8) is 0 Å². The van der Waals surface area contributed by atoms with Gasteiger partial charge in [-0.2, -0.15) is 10.5 Å². The maximum absolute atomic E-state index is 11.1. The molecule has 2 aromatic rings. The molecular weight excluding hydrogens is 324 g/mol. The molecule has 0 unspecified atom stereocenters. The first-order valence-corrected chi connectivity index (χ1v) is 8.08. The van der Waals surface area contributed by atoms with Crippen LogP contribution in [0.2, 0.25) is 0 Å². The first kappa shape index (κ1) is 17.3. The van der Waals surface area contributed by atoms with E-state index in [0.717, 1.165) is 11.8 Å². The number of hydrogen-bond acceptors (Lipinski definition) is 6. The molecule has 1 heterocycles. The van der Waals surface area contributed by atoms with Crippen molar-refractivity contribution in [2.24, 2.45) is 5.73 Å². The van der Waals surface area contributed by atoms with Gasteiger partial charge in [-0.3, -0.25) is 4.79 Å². The molecule has 6 nitrogen and oxygen atoms in total. The summed E-state index contributed by atoms with van der Waals surface area (Å²) in [6, 6.07) is 13.2. The van der Waals surface area contributed by atoms with Crippen LogP contribution < -0.4 is 10.5 Å². The first-order chi connectivity index (χ1) is 11.6. The number of ether oxygens (including phenoxy) is 1. The van der Waals surface area contributed by atoms with Gasteiger partial charge in [0.2, 0.25) is 11.8 Å². The number of primary amides is 1. The van der Waals surface area contributed by atoms with Crippen LogP contribution in [0, 0.1) is 22.7 Å². The van der Waals surface area contributed by atoms with Gasteiger partial charge in [-0.1, -0.05) is 42.1 Å². The van der Waals surface area contributed by atoms with Crippen LogP contribution in [0.4, 0.5) is 0 Å². The van der Waals surface area contributed by atoms with Crippen LogP contribution in [0.15, 0.2) is 35.4 Å². The average molecular weight is 338 g/mol. The minimum atomic E-state index is -0.519. The molecular formula is C17H14N4O2S. The third kappa shape index (κ3) is 3.65. The molecule has 0 radical (unpaired) electrons. The van der Waals surface area contributed by atoms with Crippen LogP contribution >= 0.6 is 11.8 Å². The van der Waals surface area contributed by atoms with Crippen molar-refractivity contribution in [1.29, 1.82) is 10.5 Å². The number of nitrogens with two attached hydrogens (primary N) is 1. The molecule has 120 valence electrons. The number of amides is 1. The summed E-state index contributed by atoms with van der Waals surface area (Å²) in [6.07, 6.45) is 0. The van der Waals surface area contributed by atoms with Gasteiger partial charge in [0.15, 0.2) is 0 Å². The number of rotatable bonds is 6. The second-order valence-electron chi connectivity index (χ2n) is 4.62. The van der Waals surface area contributed by atoms with Crippen molar-refractivity contribution in [2.75, 3.05) is 12.4 Å². The van der Waals surface area contributed by atoms with Crippen molar-refractivity contribution in [1.82, 2.24) is 4.98 Å². The Hall–Kier alpha value is -3.03. The van der Waals surface area contributed by atoms with E-state index in [1.165, 1.54) is 0 Å². The summed E-state index contributed by atoms with van der Waals surface area (Å²) in [4.78, 5) is 15.3. The van der Waals surface area contributed by atoms with Gasteiger partial charge < -0.3 is 10.5 Å². The number of nitrogens with zero attached hydrogens (tertiary/aromatic N) is 3. The molecule has 0 saturated carbocycles. The summed E-state index contributed by atoms with van der Waals surface area (Å²) in [6.45, 7) is 2.10. The fourth-order valence-electron chi connectivity index (χ4n) is 2.13. The number of carbonyl (C=O) groups excluding carboxylic acids is 1. The monoisotopic (exact) mass is 338 g/mol. The zero-order valence-corrected chi connectivity index (χ0v) is 13.8. The Balaban J connectivity index is 2.75. The van der Waals surface area contributed by atoms with Crippen LogP contribution in [0.5, 0.6) is 5.88 Å². The molecule has 24 heavy (non-hydrogen) atoms. The number of hydrogen-bond donors (Lipinski definition) is 1. The Morgan fingerprint density at radius 1 is 1.25 bits per heavy atom. The van der Waals surface area contributed by atoms with Gasteiger partial charge in [0.1, 0.15) is 22.7 Å². The molecule has 2 N–H and O–H groups in total. The summed E-state index contributed by atoms with van der Waals surface area (Å²) in [5, 5.41) is 19.5. The lowest BCUT2D eigenvalue weighted by Gasteiger charge is -2.14. The number of nitriles is 2. The maximum Gasteiger partial charge on any atom is 0.233 e. The summed E-state index contributed by atoms with van der Waals surface area (Å²) in [7, 11) is 0. The van der Waals surface area contributed by atoms with Crippen LogP contribution in [0.25, 0.3) is 11.1 Å². The fourth-order valence-corrected chi connectivity index (χ4v) is 2.85. The molecule has 0 atom stereocenters. The third-order valence-corrected chi connectivity index (χ3v) is 4.05. The molecule has 1 aromatic carbocycles. The van der Waals surface area contributed by atoms with Gasteiger partial charge in [0.25, 0.3) is 0 Å². The SMILES string of the molecule is CCOc1nc(SCC(N)=O)c(C#N)c(-c2ccccc2)c1C#N. The van der Waals surface area contributed by atoms with Crippen LogP contribution in [-0.4, -0.2) is 23.3 Å². The van der Waals surface area contributed by atoms with Crippen molar-refractivity contribution in [3.05, 3.63) is 41.5 Å². The van der Waals surface area contributed by atoms with Gasteiger partial charge >= 0.3 is 0 Å². The van der Waals surface area contributed by atoms with E-state index in [0.29, 0.717) is 22.8 Å². The molecule has 2 rings (SSSR count). The summed E-state index contributed by atoms with van der Waals surface area (Å²) in [5.41, 5.74) is 6.76. The number of pyridine rings is 1. The largest absolute Gasteiger partial charge is 0.477 e. The quantitative estimate of drug-likeness (QED) is 0.810. The van der Waals surface area contributed by atoms with Gasteiger partial charge in [0, 0.05) is 5.56 Å². The summed E-state index contributed by atoms with van der Waals surface area (Å²) >= 11 is 1.05. The summed E-state index contributed by atoms with van der Waals surface area (Å²) in [5.74, 6) is -0.396. The van der Waals surface area contributed by atoms with Crippen LogP contribution in [-0.2, 0) is 4.79 Å². The number of aromatic nitrogens is 1. The fraction of sp³-hybridized carbons (Fsp3) is 0.176. The topological polar surface area (TPSA) is 113 Å². The van der Waals surface area contributed by atoms with Gasteiger partial charge in [-0.05, 0) is 12.5 Å². The van der Waals surface area contributed by atoms with E-state index in [9.17, 15) is 15.3 Å². The highest BCUT2D eigenvalue weighted by atomic mass is 32.2. The highest BCUT2D eigenvalue weighted by Crippen LogP contribution is 2.37. The van der Waals surface area contributed by atoms with Crippen LogP contribution in [0.3, 0.4) is 0 Å². The van der Waals surface area contributed by atoms with Crippen molar-refractivity contribution < 1.29 is 9.53 Å². The minimum Gasteiger partial charge on any atom is -0.477 e. The van der Waals surface area contributed by atoms with E-state index in [4.69, 9.17) is 10.5 Å². The molecule has 0 fully saturated rings. The van der Waals surface area contributed by atoms with Gasteiger partial charge in [0.05, 0.1) is 17.9 Å². The van der Waals surface area contributed by atoms with Crippen molar-refractivity contribution in [3.8, 4) is 29.1 Å².